The summed E-state index contributed by atoms with van der Waals surface area (Å²) in [6.07, 6.45) is 4.45. The first-order chi connectivity index (χ1) is 8.16. The zero-order valence-corrected chi connectivity index (χ0v) is 9.84. The highest BCUT2D eigenvalue weighted by molar-refractivity contribution is 5.57. The molecule has 17 heavy (non-hydrogen) atoms. The molecular formula is C11H14FN5. The number of aromatic nitrogens is 4. The molecule has 0 aromatic carbocycles. The molecule has 0 aliphatic heterocycles. The summed E-state index contributed by atoms with van der Waals surface area (Å²) < 4.78 is 15.2. The molecule has 0 amide bonds. The maximum absolute atomic E-state index is 13.5. The van der Waals surface area contributed by atoms with Crippen molar-refractivity contribution in [1.29, 1.82) is 0 Å². The van der Waals surface area contributed by atoms with Crippen LogP contribution in [0.2, 0.25) is 0 Å². The van der Waals surface area contributed by atoms with E-state index in [9.17, 15) is 4.39 Å². The van der Waals surface area contributed by atoms with Crippen LogP contribution in [0.25, 0.3) is 11.3 Å². The lowest BCUT2D eigenvalue weighted by Crippen LogP contribution is -2.18. The van der Waals surface area contributed by atoms with Crippen LogP contribution < -0.4 is 0 Å². The van der Waals surface area contributed by atoms with Gasteiger partial charge in [-0.15, -0.1) is 5.10 Å². The Labute approximate surface area is 98.9 Å². The smallest absolute Gasteiger partial charge is 0.150 e. The average Bonchev–Trinajstić information content (AvgIpc) is 2.75. The Kier molecular flexibility index (Phi) is 3.43. The number of nitrogens with zero attached hydrogens (tertiary/aromatic N) is 5. The molecule has 0 saturated heterocycles. The number of hydrogen-bond donors (Lipinski definition) is 0. The van der Waals surface area contributed by atoms with Crippen LogP contribution in [0.4, 0.5) is 4.39 Å². The monoisotopic (exact) mass is 235 g/mol. The third-order valence-electron chi connectivity index (χ3n) is 2.36. The number of halogens is 1. The van der Waals surface area contributed by atoms with E-state index in [1.165, 1.54) is 12.4 Å². The van der Waals surface area contributed by atoms with Crippen LogP contribution in [0.5, 0.6) is 0 Å². The van der Waals surface area contributed by atoms with Gasteiger partial charge in [-0.3, -0.25) is 9.67 Å². The maximum Gasteiger partial charge on any atom is 0.150 e. The minimum Gasteiger partial charge on any atom is -0.308 e. The standard InChI is InChI=1S/C11H14FN5/c1-16(2)5-6-17-8-11(14-15-17)9-3-4-13-7-10(9)12/h3-4,7-8H,5-6H2,1-2H3. The van der Waals surface area contributed by atoms with Crippen LogP contribution in [-0.2, 0) is 6.54 Å². The molecule has 0 spiro atoms. The zero-order valence-electron chi connectivity index (χ0n) is 9.84. The Balaban J connectivity index is 2.16. The first-order valence-corrected chi connectivity index (χ1v) is 5.31. The predicted molar refractivity (Wildman–Crippen MR) is 61.8 cm³/mol. The van der Waals surface area contributed by atoms with Crippen molar-refractivity contribution < 1.29 is 4.39 Å². The van der Waals surface area contributed by atoms with E-state index in [0.717, 1.165) is 13.1 Å². The van der Waals surface area contributed by atoms with Crippen LogP contribution >= 0.6 is 0 Å². The highest BCUT2D eigenvalue weighted by atomic mass is 19.1. The second-order valence-electron chi connectivity index (χ2n) is 4.03. The largest absolute Gasteiger partial charge is 0.308 e. The Hall–Kier alpha value is -1.82. The van der Waals surface area contributed by atoms with E-state index < -0.39 is 0 Å². The van der Waals surface area contributed by atoms with Gasteiger partial charge in [0.2, 0.25) is 0 Å². The predicted octanol–water partition coefficient (Wildman–Crippen LogP) is 1.04. The summed E-state index contributed by atoms with van der Waals surface area (Å²) in [6.45, 7) is 1.59. The second kappa shape index (κ2) is 5.01. The fourth-order valence-electron chi connectivity index (χ4n) is 1.42. The lowest BCUT2D eigenvalue weighted by atomic mass is 10.2. The zero-order chi connectivity index (χ0) is 12.3. The van der Waals surface area contributed by atoms with E-state index in [1.807, 2.05) is 19.0 Å². The molecule has 0 bridgehead atoms. The Morgan fingerprint density at radius 3 is 2.94 bits per heavy atom. The highest BCUT2D eigenvalue weighted by Gasteiger charge is 2.08. The van der Waals surface area contributed by atoms with Gasteiger partial charge in [0.15, 0.2) is 5.82 Å². The van der Waals surface area contributed by atoms with E-state index in [-0.39, 0.29) is 5.82 Å². The van der Waals surface area contributed by atoms with Gasteiger partial charge >= 0.3 is 0 Å². The molecule has 0 radical (unpaired) electrons. The van der Waals surface area contributed by atoms with Crippen molar-refractivity contribution >= 4 is 0 Å². The summed E-state index contributed by atoms with van der Waals surface area (Å²) in [5.41, 5.74) is 0.958. The lowest BCUT2D eigenvalue weighted by molar-refractivity contribution is 0.370. The molecule has 0 saturated carbocycles. The van der Waals surface area contributed by atoms with Crippen molar-refractivity contribution in [3.05, 3.63) is 30.5 Å². The third-order valence-corrected chi connectivity index (χ3v) is 2.36. The first-order valence-electron chi connectivity index (χ1n) is 5.31. The van der Waals surface area contributed by atoms with Crippen molar-refractivity contribution in [2.24, 2.45) is 0 Å². The average molecular weight is 235 g/mol. The molecule has 0 atom stereocenters. The highest BCUT2D eigenvalue weighted by Crippen LogP contribution is 2.18. The van der Waals surface area contributed by atoms with Crippen LogP contribution in [-0.4, -0.2) is 45.5 Å². The van der Waals surface area contributed by atoms with Crippen LogP contribution in [0.15, 0.2) is 24.7 Å². The van der Waals surface area contributed by atoms with Crippen molar-refractivity contribution in [2.45, 2.75) is 6.54 Å². The molecule has 2 heterocycles. The Morgan fingerprint density at radius 2 is 2.24 bits per heavy atom. The normalized spacial score (nSPS) is 11.1. The second-order valence-corrected chi connectivity index (χ2v) is 4.03. The molecule has 6 heteroatoms. The summed E-state index contributed by atoms with van der Waals surface area (Å²) in [7, 11) is 3.97. The van der Waals surface area contributed by atoms with Crippen LogP contribution in [0.3, 0.4) is 0 Å². The topological polar surface area (TPSA) is 46.8 Å². The van der Waals surface area contributed by atoms with Gasteiger partial charge in [-0.1, -0.05) is 5.21 Å². The molecule has 0 N–H and O–H groups in total. The molecule has 5 nitrogen and oxygen atoms in total. The third kappa shape index (κ3) is 2.85. The van der Waals surface area contributed by atoms with Crippen molar-refractivity contribution in [2.75, 3.05) is 20.6 Å². The summed E-state index contributed by atoms with van der Waals surface area (Å²) in [5.74, 6) is -0.382. The molecule has 2 rings (SSSR count). The fraction of sp³-hybridized carbons (Fsp3) is 0.364. The van der Waals surface area contributed by atoms with Crippen molar-refractivity contribution in [3.63, 3.8) is 0 Å². The van der Waals surface area contributed by atoms with Crippen LogP contribution in [0.1, 0.15) is 0 Å². The Morgan fingerprint density at radius 1 is 1.41 bits per heavy atom. The molecule has 90 valence electrons. The molecule has 0 aliphatic carbocycles. The summed E-state index contributed by atoms with van der Waals surface area (Å²) in [4.78, 5) is 5.75. The summed E-state index contributed by atoms with van der Waals surface area (Å²) in [6, 6.07) is 1.59. The SMILES string of the molecule is CN(C)CCn1cc(-c2ccncc2F)nn1. The van der Waals surface area contributed by atoms with Gasteiger partial charge in [0, 0.05) is 18.3 Å². The number of likely N-dealkylation sites (N-methyl/N-ethyl adjacent to an activating group) is 1. The molecule has 0 aliphatic rings. The molecule has 2 aromatic heterocycles. The maximum atomic E-state index is 13.5. The number of pyridine rings is 1. The van der Waals surface area contributed by atoms with Gasteiger partial charge in [-0.25, -0.2) is 4.39 Å². The summed E-state index contributed by atoms with van der Waals surface area (Å²) in [5, 5.41) is 7.91. The minimum atomic E-state index is -0.382. The Bertz CT molecular complexity index is 494. The van der Waals surface area contributed by atoms with E-state index in [0.29, 0.717) is 11.3 Å². The molecular weight excluding hydrogens is 221 g/mol. The van der Waals surface area contributed by atoms with E-state index in [1.54, 1.807) is 16.9 Å². The van der Waals surface area contributed by atoms with Gasteiger partial charge in [-0.2, -0.15) is 0 Å². The van der Waals surface area contributed by atoms with E-state index in [4.69, 9.17) is 0 Å². The van der Waals surface area contributed by atoms with Gasteiger partial charge in [0.05, 0.1) is 18.9 Å². The van der Waals surface area contributed by atoms with E-state index >= 15 is 0 Å². The number of hydrogen-bond acceptors (Lipinski definition) is 4. The van der Waals surface area contributed by atoms with Crippen LogP contribution in [0, 0.1) is 5.82 Å². The fourth-order valence-corrected chi connectivity index (χ4v) is 1.42. The van der Waals surface area contributed by atoms with Crippen molar-refractivity contribution in [3.8, 4) is 11.3 Å². The summed E-state index contributed by atoms with van der Waals surface area (Å²) >= 11 is 0. The van der Waals surface area contributed by atoms with Gasteiger partial charge in [-0.05, 0) is 20.2 Å². The lowest BCUT2D eigenvalue weighted by Gasteiger charge is -2.07. The van der Waals surface area contributed by atoms with Gasteiger partial charge in [0.1, 0.15) is 5.69 Å². The molecule has 0 fully saturated rings. The molecule has 0 unspecified atom stereocenters. The molecule has 2 aromatic rings. The quantitative estimate of drug-likeness (QED) is 0.794. The van der Waals surface area contributed by atoms with Gasteiger partial charge in [0.25, 0.3) is 0 Å². The minimum absolute atomic E-state index is 0.382. The van der Waals surface area contributed by atoms with Crippen molar-refractivity contribution in [1.82, 2.24) is 24.9 Å². The van der Waals surface area contributed by atoms with E-state index in [2.05, 4.69) is 15.3 Å². The number of rotatable bonds is 4. The first kappa shape index (κ1) is 11.7. The van der Waals surface area contributed by atoms with Gasteiger partial charge < -0.3 is 4.90 Å².